The largest absolute Gasteiger partial charge is 0.378 e. The van der Waals surface area contributed by atoms with Crippen LogP contribution in [0.5, 0.6) is 0 Å². The minimum Gasteiger partial charge on any atom is -0.378 e. The summed E-state index contributed by atoms with van der Waals surface area (Å²) in [5.41, 5.74) is 1.59. The van der Waals surface area contributed by atoms with E-state index in [0.717, 1.165) is 27.8 Å². The van der Waals surface area contributed by atoms with Crippen molar-refractivity contribution in [3.63, 3.8) is 0 Å². The molecule has 21 heavy (non-hydrogen) atoms. The van der Waals surface area contributed by atoms with Crippen molar-refractivity contribution in [3.8, 4) is 23.2 Å². The van der Waals surface area contributed by atoms with Crippen molar-refractivity contribution < 1.29 is 9.63 Å². The van der Waals surface area contributed by atoms with E-state index in [4.69, 9.17) is 4.52 Å². The second-order valence-corrected chi connectivity index (χ2v) is 5.42. The first kappa shape index (κ1) is 13.4. The molecule has 1 heterocycles. The topological polar surface area (TPSA) is 46.3 Å². The molecule has 0 spiro atoms. The lowest BCUT2D eigenvalue weighted by Crippen LogP contribution is -2.14. The summed E-state index contributed by atoms with van der Waals surface area (Å²) in [4.78, 5) is 0. The molecule has 1 N–H and O–H groups in total. The van der Waals surface area contributed by atoms with Gasteiger partial charge < -0.3 is 9.63 Å². The van der Waals surface area contributed by atoms with Gasteiger partial charge in [0.05, 0.1) is 5.39 Å². The number of aromatic nitrogens is 1. The molecule has 3 nitrogen and oxygen atoms in total. The van der Waals surface area contributed by atoms with Gasteiger partial charge in [-0.25, -0.2) is 0 Å². The Morgan fingerprint density at radius 1 is 1.10 bits per heavy atom. The third-order valence-electron chi connectivity index (χ3n) is 3.03. The zero-order chi connectivity index (χ0) is 14.9. The predicted octanol–water partition coefficient (Wildman–Crippen LogP) is 3.62. The fraction of sp³-hybridized carbons (Fsp3) is 0.167. The van der Waals surface area contributed by atoms with Crippen LogP contribution in [0.4, 0.5) is 0 Å². The summed E-state index contributed by atoms with van der Waals surface area (Å²) in [6.07, 6.45) is 0. The first-order valence-electron chi connectivity index (χ1n) is 6.73. The van der Waals surface area contributed by atoms with E-state index in [0.29, 0.717) is 0 Å². The maximum absolute atomic E-state index is 9.68. The Hall–Kier alpha value is -2.57. The summed E-state index contributed by atoms with van der Waals surface area (Å²) in [5.74, 6) is 6.52. The Labute approximate surface area is 123 Å². The van der Waals surface area contributed by atoms with Crippen molar-refractivity contribution in [1.82, 2.24) is 5.16 Å². The van der Waals surface area contributed by atoms with Gasteiger partial charge in [-0.2, -0.15) is 0 Å². The number of aliphatic hydroxyl groups is 1. The van der Waals surface area contributed by atoms with Crippen LogP contribution in [0.15, 0.2) is 53.1 Å². The van der Waals surface area contributed by atoms with Gasteiger partial charge in [-0.15, -0.1) is 0 Å². The molecule has 1 aromatic heterocycles. The highest BCUT2D eigenvalue weighted by Gasteiger charge is 2.11. The van der Waals surface area contributed by atoms with E-state index >= 15 is 0 Å². The predicted molar refractivity (Wildman–Crippen MR) is 82.6 cm³/mol. The van der Waals surface area contributed by atoms with E-state index in [-0.39, 0.29) is 0 Å². The lowest BCUT2D eigenvalue weighted by Gasteiger charge is -2.05. The van der Waals surface area contributed by atoms with Gasteiger partial charge in [-0.3, -0.25) is 0 Å². The molecular formula is C18H15NO2. The molecule has 0 unspecified atom stereocenters. The minimum atomic E-state index is -1.01. The summed E-state index contributed by atoms with van der Waals surface area (Å²) >= 11 is 0. The van der Waals surface area contributed by atoms with Crippen LogP contribution >= 0.6 is 0 Å². The van der Waals surface area contributed by atoms with Gasteiger partial charge in [-0.1, -0.05) is 47.3 Å². The molecule has 0 fully saturated rings. The smallest absolute Gasteiger partial charge is 0.174 e. The molecule has 0 atom stereocenters. The zero-order valence-electron chi connectivity index (χ0n) is 11.9. The van der Waals surface area contributed by atoms with Crippen LogP contribution in [0, 0.1) is 11.8 Å². The zero-order valence-corrected chi connectivity index (χ0v) is 11.9. The molecule has 3 rings (SSSR count). The van der Waals surface area contributed by atoms with Crippen molar-refractivity contribution in [2.45, 2.75) is 19.4 Å². The van der Waals surface area contributed by atoms with Gasteiger partial charge in [0.1, 0.15) is 11.1 Å². The highest BCUT2D eigenvalue weighted by molar-refractivity contribution is 5.92. The monoisotopic (exact) mass is 277 g/mol. The molecule has 0 aliphatic rings. The number of hydrogen-bond acceptors (Lipinski definition) is 3. The maximum Gasteiger partial charge on any atom is 0.174 e. The number of rotatable bonds is 1. The Balaban J connectivity index is 2.10. The number of benzene rings is 2. The minimum absolute atomic E-state index is 0.734. The van der Waals surface area contributed by atoms with Gasteiger partial charge in [0.2, 0.25) is 0 Å². The van der Waals surface area contributed by atoms with Crippen LogP contribution in [-0.2, 0) is 0 Å². The molecule has 0 aliphatic carbocycles. The number of nitrogens with zero attached hydrogens (tertiary/aromatic N) is 1. The van der Waals surface area contributed by atoms with Crippen molar-refractivity contribution in [3.05, 3.63) is 54.1 Å². The molecule has 0 bridgehead atoms. The lowest BCUT2D eigenvalue weighted by molar-refractivity contribution is 0.143. The molecule has 3 aromatic rings. The van der Waals surface area contributed by atoms with E-state index < -0.39 is 5.60 Å². The lowest BCUT2D eigenvalue weighted by atomic mass is 10.1. The summed E-state index contributed by atoms with van der Waals surface area (Å²) in [6, 6.07) is 15.5. The van der Waals surface area contributed by atoms with Gasteiger partial charge in [0, 0.05) is 11.1 Å². The summed E-state index contributed by atoms with van der Waals surface area (Å²) in [5, 5.41) is 14.7. The fourth-order valence-corrected chi connectivity index (χ4v) is 2.04. The highest BCUT2D eigenvalue weighted by atomic mass is 16.5. The molecule has 0 aliphatic heterocycles. The maximum atomic E-state index is 9.68. The highest BCUT2D eigenvalue weighted by Crippen LogP contribution is 2.28. The second kappa shape index (κ2) is 5.08. The fourth-order valence-electron chi connectivity index (χ4n) is 2.04. The molecule has 0 saturated heterocycles. The molecule has 0 radical (unpaired) electrons. The third kappa shape index (κ3) is 2.96. The van der Waals surface area contributed by atoms with Crippen molar-refractivity contribution >= 4 is 10.9 Å². The first-order chi connectivity index (χ1) is 10.0. The normalized spacial score (nSPS) is 11.2. The van der Waals surface area contributed by atoms with Gasteiger partial charge in [0.25, 0.3) is 0 Å². The quantitative estimate of drug-likeness (QED) is 0.691. The van der Waals surface area contributed by atoms with Crippen LogP contribution in [-0.4, -0.2) is 15.9 Å². The Morgan fingerprint density at radius 3 is 2.57 bits per heavy atom. The first-order valence-corrected chi connectivity index (χ1v) is 6.73. The number of fused-ring (bicyclic) bond motifs is 1. The van der Waals surface area contributed by atoms with Gasteiger partial charge in [0.15, 0.2) is 5.76 Å². The Bertz CT molecular complexity index is 830. The van der Waals surface area contributed by atoms with Crippen molar-refractivity contribution in [1.29, 1.82) is 0 Å². The molecular weight excluding hydrogens is 262 g/mol. The van der Waals surface area contributed by atoms with Crippen LogP contribution < -0.4 is 0 Å². The number of hydrogen-bond donors (Lipinski definition) is 1. The second-order valence-electron chi connectivity index (χ2n) is 5.42. The van der Waals surface area contributed by atoms with Crippen molar-refractivity contribution in [2.24, 2.45) is 0 Å². The van der Waals surface area contributed by atoms with Crippen LogP contribution in [0.25, 0.3) is 22.2 Å². The van der Waals surface area contributed by atoms with E-state index in [1.54, 1.807) is 13.8 Å². The Morgan fingerprint density at radius 2 is 1.86 bits per heavy atom. The Kier molecular flexibility index (Phi) is 3.25. The summed E-state index contributed by atoms with van der Waals surface area (Å²) < 4.78 is 5.45. The van der Waals surface area contributed by atoms with Crippen molar-refractivity contribution in [2.75, 3.05) is 0 Å². The summed E-state index contributed by atoms with van der Waals surface area (Å²) in [6.45, 7) is 3.32. The van der Waals surface area contributed by atoms with E-state index in [9.17, 15) is 5.11 Å². The average Bonchev–Trinajstić information content (AvgIpc) is 2.88. The molecule has 0 saturated carbocycles. The molecule has 3 heteroatoms. The third-order valence-corrected chi connectivity index (χ3v) is 3.03. The summed E-state index contributed by atoms with van der Waals surface area (Å²) in [7, 11) is 0. The van der Waals surface area contributed by atoms with E-state index in [1.807, 2.05) is 48.5 Å². The van der Waals surface area contributed by atoms with E-state index in [2.05, 4.69) is 17.0 Å². The average molecular weight is 277 g/mol. The van der Waals surface area contributed by atoms with Crippen LogP contribution in [0.2, 0.25) is 0 Å². The molecule has 104 valence electrons. The standard InChI is InChI=1S/C18H15NO2/c1-18(2,20)11-10-13-8-9-16-15(12-13)17(21-19-16)14-6-4-3-5-7-14/h3-9,12,20H,1-2H3. The van der Waals surface area contributed by atoms with Crippen LogP contribution in [0.3, 0.4) is 0 Å². The van der Waals surface area contributed by atoms with Gasteiger partial charge in [-0.05, 0) is 32.0 Å². The molecule has 0 amide bonds. The van der Waals surface area contributed by atoms with Gasteiger partial charge >= 0.3 is 0 Å². The SMILES string of the molecule is CC(C)(O)C#Cc1ccc2noc(-c3ccccc3)c2c1. The van der Waals surface area contributed by atoms with E-state index in [1.165, 1.54) is 0 Å². The van der Waals surface area contributed by atoms with Crippen LogP contribution in [0.1, 0.15) is 19.4 Å². The molecule has 2 aromatic carbocycles.